The van der Waals surface area contributed by atoms with Crippen LogP contribution in [-0.2, 0) is 9.59 Å². The van der Waals surface area contributed by atoms with Crippen molar-refractivity contribution in [3.63, 3.8) is 0 Å². The van der Waals surface area contributed by atoms with Gasteiger partial charge in [0.05, 0.1) is 0 Å². The number of amides is 2. The Kier molecular flexibility index (Phi) is 3.42. The van der Waals surface area contributed by atoms with Gasteiger partial charge < -0.3 is 9.80 Å². The van der Waals surface area contributed by atoms with Gasteiger partial charge in [-0.3, -0.25) is 9.59 Å². The molecule has 0 aliphatic carbocycles. The minimum Gasteiger partial charge on any atom is -0.341 e. The van der Waals surface area contributed by atoms with E-state index in [-0.39, 0.29) is 11.8 Å². The fourth-order valence-corrected chi connectivity index (χ4v) is 2.02. The summed E-state index contributed by atoms with van der Waals surface area (Å²) in [5, 5.41) is 0. The first-order valence-corrected chi connectivity index (χ1v) is 5.79. The van der Waals surface area contributed by atoms with Crippen molar-refractivity contribution in [2.75, 3.05) is 24.5 Å². The first-order valence-electron chi connectivity index (χ1n) is 5.79. The van der Waals surface area contributed by atoms with E-state index in [0.29, 0.717) is 26.1 Å². The van der Waals surface area contributed by atoms with Crippen LogP contribution >= 0.6 is 0 Å². The van der Waals surface area contributed by atoms with Gasteiger partial charge in [0.15, 0.2) is 0 Å². The van der Waals surface area contributed by atoms with Crippen molar-refractivity contribution in [1.82, 2.24) is 4.90 Å². The number of benzene rings is 1. The van der Waals surface area contributed by atoms with Crippen LogP contribution < -0.4 is 4.90 Å². The SMILES string of the molecule is CC(=O)N1CCC(=O)N(c2ccccc2)CC1. The Labute approximate surface area is 101 Å². The summed E-state index contributed by atoms with van der Waals surface area (Å²) in [7, 11) is 0. The van der Waals surface area contributed by atoms with Crippen molar-refractivity contribution in [3.8, 4) is 0 Å². The normalized spacial score (nSPS) is 16.9. The molecule has 90 valence electrons. The first kappa shape index (κ1) is 11.6. The third-order valence-corrected chi connectivity index (χ3v) is 3.00. The van der Waals surface area contributed by atoms with Gasteiger partial charge >= 0.3 is 0 Å². The van der Waals surface area contributed by atoms with Crippen LogP contribution in [0.25, 0.3) is 0 Å². The molecule has 1 aromatic rings. The highest BCUT2D eigenvalue weighted by Gasteiger charge is 2.22. The maximum absolute atomic E-state index is 12.0. The Balaban J connectivity index is 2.14. The Hall–Kier alpha value is -1.84. The Morgan fingerprint density at radius 3 is 2.47 bits per heavy atom. The number of carbonyl (C=O) groups is 2. The van der Waals surface area contributed by atoms with E-state index in [9.17, 15) is 9.59 Å². The largest absolute Gasteiger partial charge is 0.341 e. The van der Waals surface area contributed by atoms with Crippen LogP contribution in [0.2, 0.25) is 0 Å². The average molecular weight is 232 g/mol. The summed E-state index contributed by atoms with van der Waals surface area (Å²) in [6, 6.07) is 9.59. The van der Waals surface area contributed by atoms with Gasteiger partial charge in [-0.15, -0.1) is 0 Å². The summed E-state index contributed by atoms with van der Waals surface area (Å²) in [6.07, 6.45) is 0.397. The topological polar surface area (TPSA) is 40.6 Å². The Bertz CT molecular complexity index is 417. The number of hydrogen-bond acceptors (Lipinski definition) is 2. The summed E-state index contributed by atoms with van der Waals surface area (Å²) >= 11 is 0. The van der Waals surface area contributed by atoms with Crippen molar-refractivity contribution in [2.24, 2.45) is 0 Å². The monoisotopic (exact) mass is 232 g/mol. The molecule has 0 unspecified atom stereocenters. The van der Waals surface area contributed by atoms with E-state index in [2.05, 4.69) is 0 Å². The van der Waals surface area contributed by atoms with E-state index in [1.54, 1.807) is 16.7 Å². The molecule has 0 spiro atoms. The van der Waals surface area contributed by atoms with E-state index in [0.717, 1.165) is 5.69 Å². The molecule has 4 heteroatoms. The molecular formula is C13H16N2O2. The van der Waals surface area contributed by atoms with Gasteiger partial charge in [0.2, 0.25) is 11.8 Å². The van der Waals surface area contributed by atoms with Crippen molar-refractivity contribution in [2.45, 2.75) is 13.3 Å². The molecule has 1 aliphatic rings. The summed E-state index contributed by atoms with van der Waals surface area (Å²) in [5.74, 6) is 0.118. The molecule has 17 heavy (non-hydrogen) atoms. The molecule has 2 rings (SSSR count). The maximum atomic E-state index is 12.0. The second-order valence-corrected chi connectivity index (χ2v) is 4.14. The molecule has 1 aliphatic heterocycles. The third kappa shape index (κ3) is 2.64. The third-order valence-electron chi connectivity index (χ3n) is 3.00. The molecule has 0 atom stereocenters. The second kappa shape index (κ2) is 4.99. The Morgan fingerprint density at radius 1 is 1.12 bits per heavy atom. The molecule has 4 nitrogen and oxygen atoms in total. The zero-order valence-electron chi connectivity index (χ0n) is 9.93. The van der Waals surface area contributed by atoms with Crippen LogP contribution in [0.4, 0.5) is 5.69 Å². The number of nitrogens with zero attached hydrogens (tertiary/aromatic N) is 2. The highest BCUT2D eigenvalue weighted by Crippen LogP contribution is 2.16. The smallest absolute Gasteiger partial charge is 0.228 e. The van der Waals surface area contributed by atoms with Crippen molar-refractivity contribution < 1.29 is 9.59 Å². The fourth-order valence-electron chi connectivity index (χ4n) is 2.02. The molecular weight excluding hydrogens is 216 g/mol. The molecule has 0 saturated carbocycles. The lowest BCUT2D eigenvalue weighted by atomic mass is 10.2. The quantitative estimate of drug-likeness (QED) is 0.731. The average Bonchev–Trinajstić information content (AvgIpc) is 2.52. The van der Waals surface area contributed by atoms with Crippen LogP contribution in [0, 0.1) is 0 Å². The van der Waals surface area contributed by atoms with Crippen LogP contribution in [0.1, 0.15) is 13.3 Å². The number of hydrogen-bond donors (Lipinski definition) is 0. The molecule has 1 fully saturated rings. The number of para-hydroxylation sites is 1. The van der Waals surface area contributed by atoms with E-state index in [1.165, 1.54) is 0 Å². The molecule has 1 saturated heterocycles. The van der Waals surface area contributed by atoms with Crippen LogP contribution in [0.3, 0.4) is 0 Å². The molecule has 0 radical (unpaired) electrons. The fraction of sp³-hybridized carbons (Fsp3) is 0.385. The number of rotatable bonds is 1. The zero-order chi connectivity index (χ0) is 12.3. The highest BCUT2D eigenvalue weighted by molar-refractivity contribution is 5.94. The maximum Gasteiger partial charge on any atom is 0.228 e. The van der Waals surface area contributed by atoms with Gasteiger partial charge in [0.1, 0.15) is 0 Å². The van der Waals surface area contributed by atoms with E-state index < -0.39 is 0 Å². The van der Waals surface area contributed by atoms with Gasteiger partial charge in [-0.2, -0.15) is 0 Å². The van der Waals surface area contributed by atoms with E-state index >= 15 is 0 Å². The highest BCUT2D eigenvalue weighted by atomic mass is 16.2. The molecule has 1 heterocycles. The van der Waals surface area contributed by atoms with Crippen molar-refractivity contribution in [1.29, 1.82) is 0 Å². The molecule has 2 amide bonds. The van der Waals surface area contributed by atoms with Gasteiger partial charge in [-0.05, 0) is 12.1 Å². The predicted molar refractivity (Wildman–Crippen MR) is 65.7 cm³/mol. The van der Waals surface area contributed by atoms with E-state index in [4.69, 9.17) is 0 Å². The van der Waals surface area contributed by atoms with Crippen molar-refractivity contribution in [3.05, 3.63) is 30.3 Å². The predicted octanol–water partition coefficient (Wildman–Crippen LogP) is 1.27. The first-order chi connectivity index (χ1) is 8.18. The van der Waals surface area contributed by atoms with Crippen LogP contribution in [-0.4, -0.2) is 36.3 Å². The summed E-state index contributed by atoms with van der Waals surface area (Å²) < 4.78 is 0. The minimum atomic E-state index is 0.0349. The van der Waals surface area contributed by atoms with Crippen molar-refractivity contribution >= 4 is 17.5 Å². The van der Waals surface area contributed by atoms with E-state index in [1.807, 2.05) is 30.3 Å². The lowest BCUT2D eigenvalue weighted by Gasteiger charge is -2.21. The van der Waals surface area contributed by atoms with Gasteiger partial charge in [0.25, 0.3) is 0 Å². The van der Waals surface area contributed by atoms with Gasteiger partial charge in [0, 0.05) is 38.7 Å². The van der Waals surface area contributed by atoms with Crippen LogP contribution in [0.15, 0.2) is 30.3 Å². The Morgan fingerprint density at radius 2 is 1.82 bits per heavy atom. The molecule has 0 bridgehead atoms. The lowest BCUT2D eigenvalue weighted by Crippen LogP contribution is -2.34. The standard InChI is InChI=1S/C13H16N2O2/c1-11(16)14-8-7-13(17)15(10-9-14)12-5-3-2-4-6-12/h2-6H,7-10H2,1H3. The zero-order valence-corrected chi connectivity index (χ0v) is 9.93. The molecule has 0 aromatic heterocycles. The second-order valence-electron chi connectivity index (χ2n) is 4.14. The number of carbonyl (C=O) groups excluding carboxylic acids is 2. The summed E-state index contributed by atoms with van der Waals surface area (Å²) in [5.41, 5.74) is 0.905. The minimum absolute atomic E-state index is 0.0349. The van der Waals surface area contributed by atoms with Gasteiger partial charge in [-0.1, -0.05) is 18.2 Å². The summed E-state index contributed by atoms with van der Waals surface area (Å²) in [6.45, 7) is 3.25. The van der Waals surface area contributed by atoms with Gasteiger partial charge in [-0.25, -0.2) is 0 Å². The number of anilines is 1. The van der Waals surface area contributed by atoms with Crippen LogP contribution in [0.5, 0.6) is 0 Å². The molecule has 1 aromatic carbocycles. The summed E-state index contributed by atoms with van der Waals surface area (Å²) in [4.78, 5) is 26.7. The molecule has 0 N–H and O–H groups in total. The lowest BCUT2D eigenvalue weighted by molar-refractivity contribution is -0.128.